The summed E-state index contributed by atoms with van der Waals surface area (Å²) in [5.74, 6) is 0.987. The Morgan fingerprint density at radius 1 is 1.37 bits per heavy atom. The largest absolute Gasteiger partial charge is 0.348 e. The van der Waals surface area contributed by atoms with E-state index in [1.165, 1.54) is 17.7 Å². The van der Waals surface area contributed by atoms with Gasteiger partial charge >= 0.3 is 0 Å². The minimum Gasteiger partial charge on any atom is -0.348 e. The lowest BCUT2D eigenvalue weighted by Gasteiger charge is -2.23. The maximum absolute atomic E-state index is 6.08. The molecule has 2 N–H and O–H groups in total. The normalized spacial score (nSPS) is 14.6. The molecular weight excluding hydrogens is 278 g/mol. The summed E-state index contributed by atoms with van der Waals surface area (Å²) in [6.07, 6.45) is 2.49. The highest BCUT2D eigenvalue weighted by molar-refractivity contribution is 7.09. The second-order valence-electron chi connectivity index (χ2n) is 4.74. The van der Waals surface area contributed by atoms with Crippen LogP contribution in [0.3, 0.4) is 0 Å². The van der Waals surface area contributed by atoms with Crippen molar-refractivity contribution in [1.29, 1.82) is 0 Å². The zero-order valence-corrected chi connectivity index (χ0v) is 12.1. The van der Waals surface area contributed by atoms with Crippen LogP contribution in [0.4, 0.5) is 5.82 Å². The zero-order valence-electron chi connectivity index (χ0n) is 10.6. The van der Waals surface area contributed by atoms with Gasteiger partial charge in [0.1, 0.15) is 5.82 Å². The van der Waals surface area contributed by atoms with E-state index in [-0.39, 0.29) is 0 Å². The number of nitrogens with two attached hydrogens (primary N) is 1. The highest BCUT2D eigenvalue weighted by Crippen LogP contribution is 2.33. The van der Waals surface area contributed by atoms with Crippen LogP contribution < -0.4 is 10.6 Å². The van der Waals surface area contributed by atoms with E-state index in [0.717, 1.165) is 18.1 Å². The van der Waals surface area contributed by atoms with Crippen molar-refractivity contribution >= 4 is 28.8 Å². The Kier molecular flexibility index (Phi) is 3.73. The molecule has 0 atom stereocenters. The van der Waals surface area contributed by atoms with E-state index in [2.05, 4.69) is 27.4 Å². The van der Waals surface area contributed by atoms with Crippen LogP contribution in [-0.4, -0.2) is 11.0 Å². The van der Waals surface area contributed by atoms with Gasteiger partial charge in [-0.2, -0.15) is 0 Å². The molecule has 1 fully saturated rings. The first kappa shape index (κ1) is 12.9. The van der Waals surface area contributed by atoms with Crippen molar-refractivity contribution in [2.45, 2.75) is 32.0 Å². The maximum Gasteiger partial charge on any atom is 0.129 e. The van der Waals surface area contributed by atoms with Crippen molar-refractivity contribution < 1.29 is 0 Å². The number of thiophene rings is 1. The van der Waals surface area contributed by atoms with Crippen molar-refractivity contribution in [3.63, 3.8) is 0 Å². The number of rotatable bonds is 5. The summed E-state index contributed by atoms with van der Waals surface area (Å²) < 4.78 is 0. The first-order chi connectivity index (χ1) is 9.28. The van der Waals surface area contributed by atoms with Crippen LogP contribution in [0.1, 0.15) is 23.4 Å². The van der Waals surface area contributed by atoms with E-state index in [4.69, 9.17) is 17.3 Å². The predicted molar refractivity (Wildman–Crippen MR) is 80.7 cm³/mol. The van der Waals surface area contributed by atoms with Gasteiger partial charge in [0.2, 0.25) is 0 Å². The van der Waals surface area contributed by atoms with Gasteiger partial charge in [-0.1, -0.05) is 17.7 Å². The molecule has 1 aliphatic carbocycles. The summed E-state index contributed by atoms with van der Waals surface area (Å²) in [7, 11) is 0. The van der Waals surface area contributed by atoms with Gasteiger partial charge in [0.15, 0.2) is 0 Å². The van der Waals surface area contributed by atoms with Crippen LogP contribution in [-0.2, 0) is 13.1 Å². The van der Waals surface area contributed by atoms with Crippen LogP contribution >= 0.6 is 22.9 Å². The smallest absolute Gasteiger partial charge is 0.129 e. The Morgan fingerprint density at radius 2 is 2.21 bits per heavy atom. The second-order valence-corrected chi connectivity index (χ2v) is 6.18. The van der Waals surface area contributed by atoms with Gasteiger partial charge < -0.3 is 10.6 Å². The highest BCUT2D eigenvalue weighted by Gasteiger charge is 2.30. The molecule has 2 aromatic heterocycles. The van der Waals surface area contributed by atoms with Crippen molar-refractivity contribution in [2.24, 2.45) is 5.73 Å². The molecule has 2 aromatic rings. The minimum atomic E-state index is 0.379. The quantitative estimate of drug-likeness (QED) is 0.918. The summed E-state index contributed by atoms with van der Waals surface area (Å²) in [5.41, 5.74) is 6.46. The average Bonchev–Trinajstić information content (AvgIpc) is 3.14. The van der Waals surface area contributed by atoms with Gasteiger partial charge in [-0.3, -0.25) is 0 Å². The first-order valence-electron chi connectivity index (χ1n) is 6.42. The molecule has 0 radical (unpaired) electrons. The lowest BCUT2D eigenvalue weighted by atomic mass is 10.3. The van der Waals surface area contributed by atoms with E-state index >= 15 is 0 Å². The number of pyridine rings is 1. The fourth-order valence-electron chi connectivity index (χ4n) is 2.13. The number of halogens is 1. The van der Waals surface area contributed by atoms with Crippen LogP contribution in [0.2, 0.25) is 5.02 Å². The molecular formula is C14H16ClN3S. The third-order valence-electron chi connectivity index (χ3n) is 3.29. The molecule has 0 spiro atoms. The fraction of sp³-hybridized carbons (Fsp3) is 0.357. The zero-order chi connectivity index (χ0) is 13.2. The lowest BCUT2D eigenvalue weighted by Crippen LogP contribution is -2.26. The number of anilines is 1. The molecule has 3 rings (SSSR count). The number of aromatic nitrogens is 1. The van der Waals surface area contributed by atoms with E-state index < -0.39 is 0 Å². The standard InChI is InChI=1S/C14H16ClN3S/c15-12-5-6-14(17-13(12)8-16)18(10-3-4-10)9-11-2-1-7-19-11/h1-2,5-7,10H,3-4,8-9,16H2. The SMILES string of the molecule is NCc1nc(N(Cc2cccs2)C2CC2)ccc1Cl. The Hall–Kier alpha value is -1.10. The molecule has 1 aliphatic rings. The molecule has 0 saturated heterocycles. The second kappa shape index (κ2) is 5.49. The third kappa shape index (κ3) is 2.91. The Labute approximate surface area is 122 Å². The molecule has 3 nitrogen and oxygen atoms in total. The minimum absolute atomic E-state index is 0.379. The van der Waals surface area contributed by atoms with E-state index in [1.807, 2.05) is 12.1 Å². The number of nitrogens with zero attached hydrogens (tertiary/aromatic N) is 2. The molecule has 0 unspecified atom stereocenters. The molecule has 0 amide bonds. The van der Waals surface area contributed by atoms with Gasteiger partial charge in [-0.15, -0.1) is 11.3 Å². The van der Waals surface area contributed by atoms with E-state index in [9.17, 15) is 0 Å². The molecule has 0 aromatic carbocycles. The average molecular weight is 294 g/mol. The third-order valence-corrected chi connectivity index (χ3v) is 4.49. The summed E-state index contributed by atoms with van der Waals surface area (Å²) in [6, 6.07) is 8.76. The monoisotopic (exact) mass is 293 g/mol. The van der Waals surface area contributed by atoms with Gasteiger partial charge in [-0.25, -0.2) is 4.98 Å². The lowest BCUT2D eigenvalue weighted by molar-refractivity contribution is 0.780. The van der Waals surface area contributed by atoms with Crippen molar-refractivity contribution in [3.05, 3.63) is 45.2 Å². The number of hydrogen-bond acceptors (Lipinski definition) is 4. The fourth-order valence-corrected chi connectivity index (χ4v) is 3.01. The van der Waals surface area contributed by atoms with Crippen LogP contribution in [0.25, 0.3) is 0 Å². The molecule has 19 heavy (non-hydrogen) atoms. The van der Waals surface area contributed by atoms with E-state index in [1.54, 1.807) is 11.3 Å². The molecule has 2 heterocycles. The van der Waals surface area contributed by atoms with Gasteiger partial charge in [-0.05, 0) is 36.4 Å². The molecule has 5 heteroatoms. The van der Waals surface area contributed by atoms with Crippen molar-refractivity contribution in [2.75, 3.05) is 4.90 Å². The predicted octanol–water partition coefficient (Wildman–Crippen LogP) is 3.42. The van der Waals surface area contributed by atoms with Gasteiger partial charge in [0.25, 0.3) is 0 Å². The summed E-state index contributed by atoms with van der Waals surface area (Å²) in [5, 5.41) is 2.76. The number of hydrogen-bond donors (Lipinski definition) is 1. The van der Waals surface area contributed by atoms with E-state index in [0.29, 0.717) is 17.6 Å². The Bertz CT molecular complexity index is 552. The summed E-state index contributed by atoms with van der Waals surface area (Å²) in [4.78, 5) is 8.33. The molecule has 0 bridgehead atoms. The Balaban J connectivity index is 1.87. The molecule has 1 saturated carbocycles. The van der Waals surface area contributed by atoms with Crippen LogP contribution in [0.5, 0.6) is 0 Å². The first-order valence-corrected chi connectivity index (χ1v) is 7.68. The van der Waals surface area contributed by atoms with Gasteiger partial charge in [0.05, 0.1) is 17.3 Å². The van der Waals surface area contributed by atoms with Crippen molar-refractivity contribution in [1.82, 2.24) is 4.98 Å². The van der Waals surface area contributed by atoms with Crippen molar-refractivity contribution in [3.8, 4) is 0 Å². The highest BCUT2D eigenvalue weighted by atomic mass is 35.5. The van der Waals surface area contributed by atoms with Crippen LogP contribution in [0, 0.1) is 0 Å². The molecule has 0 aliphatic heterocycles. The summed E-state index contributed by atoms with van der Waals surface area (Å²) >= 11 is 7.86. The molecule has 100 valence electrons. The Morgan fingerprint density at radius 3 is 2.84 bits per heavy atom. The summed E-state index contributed by atoms with van der Waals surface area (Å²) in [6.45, 7) is 1.30. The topological polar surface area (TPSA) is 42.1 Å². The van der Waals surface area contributed by atoms with Gasteiger partial charge in [0, 0.05) is 17.5 Å². The maximum atomic E-state index is 6.08. The van der Waals surface area contributed by atoms with Crippen LogP contribution in [0.15, 0.2) is 29.6 Å².